The van der Waals surface area contributed by atoms with E-state index in [1.54, 1.807) is 40.5 Å². The summed E-state index contributed by atoms with van der Waals surface area (Å²) in [6, 6.07) is 11.0. The lowest BCUT2D eigenvalue weighted by Gasteiger charge is -2.04. The Morgan fingerprint density at radius 1 is 1.24 bits per heavy atom. The maximum atomic E-state index is 13.1. The van der Waals surface area contributed by atoms with Crippen molar-refractivity contribution in [1.82, 2.24) is 20.5 Å². The molecule has 1 amide bonds. The summed E-state index contributed by atoms with van der Waals surface area (Å²) in [4.78, 5) is 11.2. The predicted octanol–water partition coefficient (Wildman–Crippen LogP) is 1.74. The maximum Gasteiger partial charge on any atom is 0.274 e. The number of nitrogens with one attached hydrogen (secondary N) is 1. The highest BCUT2D eigenvalue weighted by atomic mass is 19.1. The highest BCUT2D eigenvalue weighted by Gasteiger charge is 2.07. The molecule has 0 saturated carbocycles. The number of carbonyl (C=O) groups is 1. The normalized spacial score (nSPS) is 10.8. The Morgan fingerprint density at radius 3 is 2.71 bits per heavy atom. The van der Waals surface area contributed by atoms with E-state index >= 15 is 0 Å². The average Bonchev–Trinajstić information content (AvgIpc) is 2.89. The van der Waals surface area contributed by atoms with Gasteiger partial charge in [-0.25, -0.2) is 14.6 Å². The summed E-state index contributed by atoms with van der Waals surface area (Å²) in [5.74, 6) is -0.919. The number of benzene rings is 2. The summed E-state index contributed by atoms with van der Waals surface area (Å²) in [7, 11) is 0. The predicted molar refractivity (Wildman–Crippen MR) is 72.3 cm³/mol. The standard InChI is InChI=1S/C14H11FN4O2/c15-11-5-6-13-12(7-11)16-18-19(13)8-9-1-3-10(4-2-9)14(20)17-21/h1-7,21H,8H2,(H,17,20). The minimum absolute atomic E-state index is 0.353. The van der Waals surface area contributed by atoms with E-state index in [1.165, 1.54) is 12.1 Å². The van der Waals surface area contributed by atoms with Crippen LogP contribution in [0.3, 0.4) is 0 Å². The van der Waals surface area contributed by atoms with E-state index in [2.05, 4.69) is 10.3 Å². The van der Waals surface area contributed by atoms with Crippen molar-refractivity contribution in [3.8, 4) is 0 Å². The van der Waals surface area contributed by atoms with Crippen molar-refractivity contribution in [2.24, 2.45) is 0 Å². The van der Waals surface area contributed by atoms with Crippen LogP contribution < -0.4 is 5.48 Å². The molecule has 21 heavy (non-hydrogen) atoms. The first-order chi connectivity index (χ1) is 10.2. The van der Waals surface area contributed by atoms with Gasteiger partial charge in [-0.1, -0.05) is 17.3 Å². The van der Waals surface area contributed by atoms with Gasteiger partial charge in [0.1, 0.15) is 11.3 Å². The molecule has 0 aliphatic carbocycles. The molecule has 0 aliphatic heterocycles. The quantitative estimate of drug-likeness (QED) is 0.567. The molecular weight excluding hydrogens is 275 g/mol. The molecule has 0 fully saturated rings. The molecule has 0 unspecified atom stereocenters. The van der Waals surface area contributed by atoms with Crippen molar-refractivity contribution in [3.05, 3.63) is 59.4 Å². The maximum absolute atomic E-state index is 13.1. The molecule has 2 aromatic carbocycles. The Hall–Kier alpha value is -2.80. The number of halogens is 1. The van der Waals surface area contributed by atoms with Gasteiger partial charge in [0.05, 0.1) is 12.1 Å². The van der Waals surface area contributed by atoms with E-state index in [9.17, 15) is 9.18 Å². The van der Waals surface area contributed by atoms with Crippen LogP contribution in [0.15, 0.2) is 42.5 Å². The summed E-state index contributed by atoms with van der Waals surface area (Å²) in [5.41, 5.74) is 4.05. The van der Waals surface area contributed by atoms with Crippen molar-refractivity contribution in [1.29, 1.82) is 0 Å². The van der Waals surface area contributed by atoms with Gasteiger partial charge in [0, 0.05) is 11.6 Å². The molecule has 6 nitrogen and oxygen atoms in total. The molecule has 0 aliphatic rings. The summed E-state index contributed by atoms with van der Waals surface area (Å²) in [5, 5.41) is 16.4. The van der Waals surface area contributed by atoms with Crippen LogP contribution >= 0.6 is 0 Å². The molecular formula is C14H11FN4O2. The fourth-order valence-corrected chi connectivity index (χ4v) is 2.06. The number of nitrogens with zero attached hydrogens (tertiary/aromatic N) is 3. The molecule has 7 heteroatoms. The zero-order chi connectivity index (χ0) is 14.8. The van der Waals surface area contributed by atoms with Crippen LogP contribution in [0.1, 0.15) is 15.9 Å². The van der Waals surface area contributed by atoms with E-state index < -0.39 is 5.91 Å². The van der Waals surface area contributed by atoms with Crippen LogP contribution in [0.5, 0.6) is 0 Å². The highest BCUT2D eigenvalue weighted by molar-refractivity contribution is 5.93. The van der Waals surface area contributed by atoms with E-state index in [4.69, 9.17) is 5.21 Å². The van der Waals surface area contributed by atoms with E-state index in [1.807, 2.05) is 0 Å². The molecule has 0 bridgehead atoms. The van der Waals surface area contributed by atoms with Crippen LogP contribution in [0, 0.1) is 5.82 Å². The topological polar surface area (TPSA) is 80.0 Å². The van der Waals surface area contributed by atoms with Crippen LogP contribution in [0.25, 0.3) is 11.0 Å². The fraction of sp³-hybridized carbons (Fsp3) is 0.0714. The lowest BCUT2D eigenvalue weighted by molar-refractivity contribution is 0.0706. The Labute approximate surface area is 118 Å². The number of hydrogen-bond donors (Lipinski definition) is 2. The monoisotopic (exact) mass is 286 g/mol. The third kappa shape index (κ3) is 2.59. The minimum atomic E-state index is -0.566. The van der Waals surface area contributed by atoms with Crippen molar-refractivity contribution in [2.45, 2.75) is 6.54 Å². The Morgan fingerprint density at radius 2 is 2.00 bits per heavy atom. The average molecular weight is 286 g/mol. The van der Waals surface area contributed by atoms with E-state index in [0.717, 1.165) is 11.1 Å². The first kappa shape index (κ1) is 13.2. The van der Waals surface area contributed by atoms with Crippen LogP contribution in [0.4, 0.5) is 4.39 Å². The lowest BCUT2D eigenvalue weighted by atomic mass is 10.1. The van der Waals surface area contributed by atoms with Gasteiger partial charge in [0.15, 0.2) is 0 Å². The largest absolute Gasteiger partial charge is 0.288 e. The number of carbonyl (C=O) groups excluding carboxylic acids is 1. The third-order valence-corrected chi connectivity index (χ3v) is 3.13. The highest BCUT2D eigenvalue weighted by Crippen LogP contribution is 2.14. The summed E-state index contributed by atoms with van der Waals surface area (Å²) in [6.45, 7) is 0.448. The summed E-state index contributed by atoms with van der Waals surface area (Å²) >= 11 is 0. The SMILES string of the molecule is O=C(NO)c1ccc(Cn2nnc3cc(F)ccc32)cc1. The molecule has 1 aromatic heterocycles. The fourth-order valence-electron chi connectivity index (χ4n) is 2.06. The van der Waals surface area contributed by atoms with Gasteiger partial charge in [0.25, 0.3) is 5.91 Å². The van der Waals surface area contributed by atoms with Crippen molar-refractivity contribution < 1.29 is 14.4 Å². The lowest BCUT2D eigenvalue weighted by Crippen LogP contribution is -2.18. The molecule has 2 N–H and O–H groups in total. The minimum Gasteiger partial charge on any atom is -0.288 e. The Balaban J connectivity index is 1.86. The summed E-state index contributed by atoms with van der Waals surface area (Å²) in [6.07, 6.45) is 0. The molecule has 0 atom stereocenters. The number of fused-ring (bicyclic) bond motifs is 1. The van der Waals surface area contributed by atoms with Gasteiger partial charge in [-0.05, 0) is 29.8 Å². The van der Waals surface area contributed by atoms with Crippen LogP contribution in [0.2, 0.25) is 0 Å². The zero-order valence-corrected chi connectivity index (χ0v) is 10.8. The second-order valence-electron chi connectivity index (χ2n) is 4.52. The molecule has 106 valence electrons. The molecule has 3 rings (SSSR count). The smallest absolute Gasteiger partial charge is 0.274 e. The van der Waals surface area contributed by atoms with E-state index in [-0.39, 0.29) is 5.82 Å². The first-order valence-corrected chi connectivity index (χ1v) is 6.19. The van der Waals surface area contributed by atoms with Crippen LogP contribution in [-0.2, 0) is 6.54 Å². The van der Waals surface area contributed by atoms with Gasteiger partial charge in [0.2, 0.25) is 0 Å². The van der Waals surface area contributed by atoms with Crippen molar-refractivity contribution in [2.75, 3.05) is 0 Å². The second kappa shape index (κ2) is 5.29. The third-order valence-electron chi connectivity index (χ3n) is 3.13. The molecule has 1 heterocycles. The number of hydroxylamine groups is 1. The summed E-state index contributed by atoms with van der Waals surface area (Å²) < 4.78 is 14.7. The van der Waals surface area contributed by atoms with Crippen LogP contribution in [-0.4, -0.2) is 26.1 Å². The molecule has 3 aromatic rings. The van der Waals surface area contributed by atoms with Gasteiger partial charge >= 0.3 is 0 Å². The number of rotatable bonds is 3. The van der Waals surface area contributed by atoms with Crippen molar-refractivity contribution >= 4 is 16.9 Å². The zero-order valence-electron chi connectivity index (χ0n) is 10.8. The van der Waals surface area contributed by atoms with E-state index in [0.29, 0.717) is 17.6 Å². The molecule has 0 spiro atoms. The first-order valence-electron chi connectivity index (χ1n) is 6.19. The van der Waals surface area contributed by atoms with Gasteiger partial charge in [-0.2, -0.15) is 0 Å². The molecule has 0 saturated heterocycles. The molecule has 0 radical (unpaired) electrons. The van der Waals surface area contributed by atoms with Gasteiger partial charge in [-0.15, -0.1) is 5.10 Å². The second-order valence-corrected chi connectivity index (χ2v) is 4.52. The number of hydrogen-bond acceptors (Lipinski definition) is 4. The Bertz CT molecular complexity index is 798. The number of amides is 1. The number of aromatic nitrogens is 3. The van der Waals surface area contributed by atoms with Crippen molar-refractivity contribution in [3.63, 3.8) is 0 Å². The van der Waals surface area contributed by atoms with Gasteiger partial charge < -0.3 is 0 Å². The van der Waals surface area contributed by atoms with Gasteiger partial charge in [-0.3, -0.25) is 10.0 Å². The Kier molecular flexibility index (Phi) is 3.33.